The van der Waals surface area contributed by atoms with Crippen LogP contribution in [0.15, 0.2) is 42.5 Å². The van der Waals surface area contributed by atoms with Crippen molar-refractivity contribution >= 4 is 17.5 Å². The molecule has 0 saturated carbocycles. The molecule has 0 aromatic heterocycles. The maximum Gasteiger partial charge on any atom is 0.255 e. The number of rotatable bonds is 7. The van der Waals surface area contributed by atoms with E-state index in [4.69, 9.17) is 9.47 Å². The van der Waals surface area contributed by atoms with Crippen LogP contribution in [0.1, 0.15) is 41.6 Å². The zero-order valence-electron chi connectivity index (χ0n) is 17.1. The van der Waals surface area contributed by atoms with Gasteiger partial charge in [-0.05, 0) is 55.5 Å². The second-order valence-electron chi connectivity index (χ2n) is 7.14. The Balaban J connectivity index is 1.63. The highest BCUT2D eigenvalue weighted by Gasteiger charge is 2.21. The molecule has 1 saturated heterocycles. The Hall–Kier alpha value is -3.02. The average Bonchev–Trinajstić information content (AvgIpc) is 2.78. The minimum Gasteiger partial charge on any atom is -0.493 e. The number of amides is 2. The molecule has 154 valence electrons. The summed E-state index contributed by atoms with van der Waals surface area (Å²) in [5.41, 5.74) is 2.10. The normalized spacial score (nSPS) is 13.7. The van der Waals surface area contributed by atoms with Crippen LogP contribution in [-0.4, -0.2) is 44.0 Å². The van der Waals surface area contributed by atoms with Crippen molar-refractivity contribution in [1.29, 1.82) is 0 Å². The molecular formula is C23H28N2O4. The monoisotopic (exact) mass is 396 g/mol. The highest BCUT2D eigenvalue weighted by molar-refractivity contribution is 6.03. The molecule has 0 radical (unpaired) electrons. The van der Waals surface area contributed by atoms with E-state index in [1.807, 2.05) is 35.2 Å². The van der Waals surface area contributed by atoms with Crippen LogP contribution in [0.3, 0.4) is 0 Å². The van der Waals surface area contributed by atoms with Crippen molar-refractivity contribution in [3.8, 4) is 11.5 Å². The van der Waals surface area contributed by atoms with Gasteiger partial charge in [0.1, 0.15) is 0 Å². The van der Waals surface area contributed by atoms with E-state index in [9.17, 15) is 9.59 Å². The van der Waals surface area contributed by atoms with E-state index in [-0.39, 0.29) is 11.8 Å². The Morgan fingerprint density at radius 2 is 1.69 bits per heavy atom. The SMILES string of the molecule is COc1ccc(CCC(=O)Nc2ccccc2C(=O)N2CCCCC2)cc1OC. The number of piperidine rings is 1. The van der Waals surface area contributed by atoms with Gasteiger partial charge >= 0.3 is 0 Å². The fourth-order valence-corrected chi connectivity index (χ4v) is 3.55. The molecule has 1 N–H and O–H groups in total. The molecule has 29 heavy (non-hydrogen) atoms. The van der Waals surface area contributed by atoms with Gasteiger partial charge in [-0.2, -0.15) is 0 Å². The molecule has 0 aliphatic carbocycles. The van der Waals surface area contributed by atoms with Crippen LogP contribution < -0.4 is 14.8 Å². The second-order valence-corrected chi connectivity index (χ2v) is 7.14. The van der Waals surface area contributed by atoms with Gasteiger partial charge in [0.2, 0.25) is 5.91 Å². The number of carbonyl (C=O) groups excluding carboxylic acids is 2. The van der Waals surface area contributed by atoms with Gasteiger partial charge in [-0.15, -0.1) is 0 Å². The Bertz CT molecular complexity index is 860. The molecular weight excluding hydrogens is 368 g/mol. The number of methoxy groups -OCH3 is 2. The molecule has 6 heteroatoms. The van der Waals surface area contributed by atoms with Crippen LogP contribution in [-0.2, 0) is 11.2 Å². The highest BCUT2D eigenvalue weighted by atomic mass is 16.5. The molecule has 2 aromatic carbocycles. The number of nitrogens with one attached hydrogen (secondary N) is 1. The van der Waals surface area contributed by atoms with Crippen molar-refractivity contribution in [2.45, 2.75) is 32.1 Å². The van der Waals surface area contributed by atoms with E-state index < -0.39 is 0 Å². The third kappa shape index (κ3) is 5.28. The van der Waals surface area contributed by atoms with Crippen molar-refractivity contribution in [2.75, 3.05) is 32.6 Å². The third-order valence-electron chi connectivity index (χ3n) is 5.16. The number of anilines is 1. The Morgan fingerprint density at radius 3 is 2.41 bits per heavy atom. The van der Waals surface area contributed by atoms with Gasteiger partial charge in [-0.25, -0.2) is 0 Å². The van der Waals surface area contributed by atoms with E-state index in [2.05, 4.69) is 5.32 Å². The summed E-state index contributed by atoms with van der Waals surface area (Å²) in [4.78, 5) is 27.3. The Kier molecular flexibility index (Phi) is 7.11. The molecule has 2 amide bonds. The first kappa shape index (κ1) is 20.7. The minimum absolute atomic E-state index is 0.0134. The molecule has 0 bridgehead atoms. The van der Waals surface area contributed by atoms with Gasteiger partial charge in [0, 0.05) is 19.5 Å². The van der Waals surface area contributed by atoms with E-state index in [1.165, 1.54) is 0 Å². The molecule has 6 nitrogen and oxygen atoms in total. The molecule has 1 aliphatic heterocycles. The molecule has 1 aliphatic rings. The zero-order valence-corrected chi connectivity index (χ0v) is 17.1. The maximum atomic E-state index is 12.9. The van der Waals surface area contributed by atoms with Gasteiger partial charge in [-0.1, -0.05) is 18.2 Å². The summed E-state index contributed by atoms with van der Waals surface area (Å²) in [5.74, 6) is 1.16. The number of nitrogens with zero attached hydrogens (tertiary/aromatic N) is 1. The Labute approximate surface area is 171 Å². The predicted molar refractivity (Wildman–Crippen MR) is 113 cm³/mol. The van der Waals surface area contributed by atoms with E-state index in [0.717, 1.165) is 37.9 Å². The molecule has 0 unspecified atom stereocenters. The van der Waals surface area contributed by atoms with E-state index >= 15 is 0 Å². The number of likely N-dealkylation sites (tertiary alicyclic amines) is 1. The smallest absolute Gasteiger partial charge is 0.255 e. The van der Waals surface area contributed by atoms with Crippen LogP contribution in [0.5, 0.6) is 11.5 Å². The quantitative estimate of drug-likeness (QED) is 0.771. The van der Waals surface area contributed by atoms with Gasteiger partial charge in [0.05, 0.1) is 25.5 Å². The topological polar surface area (TPSA) is 67.9 Å². The Morgan fingerprint density at radius 1 is 0.966 bits per heavy atom. The zero-order chi connectivity index (χ0) is 20.6. The largest absolute Gasteiger partial charge is 0.493 e. The fourth-order valence-electron chi connectivity index (χ4n) is 3.55. The van der Waals surface area contributed by atoms with Crippen molar-refractivity contribution in [3.05, 3.63) is 53.6 Å². The number of para-hydroxylation sites is 1. The summed E-state index contributed by atoms with van der Waals surface area (Å²) in [6.45, 7) is 1.56. The summed E-state index contributed by atoms with van der Waals surface area (Å²) in [5, 5.41) is 2.91. The number of ether oxygens (including phenoxy) is 2. The first-order valence-corrected chi connectivity index (χ1v) is 10.0. The lowest BCUT2D eigenvalue weighted by molar-refractivity contribution is -0.116. The first-order chi connectivity index (χ1) is 14.1. The van der Waals surface area contributed by atoms with Crippen LogP contribution in [0.25, 0.3) is 0 Å². The lowest BCUT2D eigenvalue weighted by Gasteiger charge is -2.27. The number of benzene rings is 2. The van der Waals surface area contributed by atoms with E-state index in [0.29, 0.717) is 35.6 Å². The molecule has 1 heterocycles. The number of hydrogen-bond acceptors (Lipinski definition) is 4. The molecule has 0 spiro atoms. The van der Waals surface area contributed by atoms with E-state index in [1.54, 1.807) is 26.4 Å². The summed E-state index contributed by atoms with van der Waals surface area (Å²) in [6, 6.07) is 12.8. The van der Waals surface area contributed by atoms with Crippen molar-refractivity contribution < 1.29 is 19.1 Å². The molecule has 3 rings (SSSR count). The molecule has 1 fully saturated rings. The van der Waals surface area contributed by atoms with Gasteiger partial charge < -0.3 is 19.7 Å². The lowest BCUT2D eigenvalue weighted by Crippen LogP contribution is -2.36. The predicted octanol–water partition coefficient (Wildman–Crippen LogP) is 3.90. The van der Waals surface area contributed by atoms with Crippen LogP contribution in [0.2, 0.25) is 0 Å². The number of hydrogen-bond donors (Lipinski definition) is 1. The van der Waals surface area contributed by atoms with Crippen LogP contribution in [0.4, 0.5) is 5.69 Å². The average molecular weight is 396 g/mol. The van der Waals surface area contributed by atoms with Crippen molar-refractivity contribution in [2.24, 2.45) is 0 Å². The third-order valence-corrected chi connectivity index (χ3v) is 5.16. The standard InChI is InChI=1S/C23H28N2O4/c1-28-20-12-10-17(16-21(20)29-2)11-13-22(26)24-19-9-5-4-8-18(19)23(27)25-14-6-3-7-15-25/h4-5,8-10,12,16H,3,6-7,11,13-15H2,1-2H3,(H,24,26). The van der Waals surface area contributed by atoms with Crippen LogP contribution >= 0.6 is 0 Å². The van der Waals surface area contributed by atoms with Gasteiger partial charge in [-0.3, -0.25) is 9.59 Å². The highest BCUT2D eigenvalue weighted by Crippen LogP contribution is 2.28. The van der Waals surface area contributed by atoms with Crippen molar-refractivity contribution in [3.63, 3.8) is 0 Å². The first-order valence-electron chi connectivity index (χ1n) is 10.0. The minimum atomic E-state index is -0.126. The van der Waals surface area contributed by atoms with Crippen LogP contribution in [0, 0.1) is 0 Å². The molecule has 2 aromatic rings. The second kappa shape index (κ2) is 9.96. The maximum absolute atomic E-state index is 12.9. The fraction of sp³-hybridized carbons (Fsp3) is 0.391. The number of aryl methyl sites for hydroxylation is 1. The van der Waals surface area contributed by atoms with Crippen molar-refractivity contribution in [1.82, 2.24) is 4.90 Å². The lowest BCUT2D eigenvalue weighted by atomic mass is 10.1. The summed E-state index contributed by atoms with van der Waals surface area (Å²) in [6.07, 6.45) is 4.10. The van der Waals surface area contributed by atoms with Gasteiger partial charge in [0.25, 0.3) is 5.91 Å². The molecule has 0 atom stereocenters. The summed E-state index contributed by atoms with van der Waals surface area (Å²) < 4.78 is 10.6. The number of carbonyl (C=O) groups is 2. The van der Waals surface area contributed by atoms with Gasteiger partial charge in [0.15, 0.2) is 11.5 Å². The summed E-state index contributed by atoms with van der Waals surface area (Å²) in [7, 11) is 3.18. The summed E-state index contributed by atoms with van der Waals surface area (Å²) >= 11 is 0.